The van der Waals surface area contributed by atoms with Crippen molar-refractivity contribution < 1.29 is 9.59 Å². The molecule has 2 heterocycles. The average Bonchev–Trinajstić information content (AvgIpc) is 3.35. The third-order valence-electron chi connectivity index (χ3n) is 6.72. The maximum absolute atomic E-state index is 13.0. The third kappa shape index (κ3) is 4.65. The largest absolute Gasteiger partial charge is 0.369 e. The summed E-state index contributed by atoms with van der Waals surface area (Å²) in [7, 11) is 0. The van der Waals surface area contributed by atoms with E-state index in [0.29, 0.717) is 43.6 Å². The molecule has 3 N–H and O–H groups in total. The third-order valence-corrected chi connectivity index (χ3v) is 6.72. The summed E-state index contributed by atoms with van der Waals surface area (Å²) in [5.41, 5.74) is 9.51. The summed E-state index contributed by atoms with van der Waals surface area (Å²) < 4.78 is 0. The summed E-state index contributed by atoms with van der Waals surface area (Å²) in [6, 6.07) is 17.6. The molecule has 2 aromatic carbocycles. The van der Waals surface area contributed by atoms with Crippen LogP contribution in [0.1, 0.15) is 39.2 Å². The number of nitriles is 1. The minimum Gasteiger partial charge on any atom is -0.369 e. The molecule has 4 rings (SSSR count). The van der Waals surface area contributed by atoms with Gasteiger partial charge >= 0.3 is 0 Å². The van der Waals surface area contributed by atoms with E-state index in [9.17, 15) is 9.59 Å². The van der Waals surface area contributed by atoms with E-state index in [1.54, 1.807) is 17.0 Å². The molecule has 1 aliphatic rings. The molecule has 1 aliphatic heterocycles. The smallest absolute Gasteiger partial charge is 0.271 e. The minimum absolute atomic E-state index is 0.133. The Balaban J connectivity index is 1.68. The van der Waals surface area contributed by atoms with Crippen LogP contribution in [0.15, 0.2) is 61.1 Å². The number of imidazole rings is 1. The molecule has 2 unspecified atom stereocenters. The van der Waals surface area contributed by atoms with Crippen LogP contribution >= 0.6 is 0 Å². The number of primary amides is 1. The number of H-pyrrole nitrogens is 1. The van der Waals surface area contributed by atoms with Crippen LogP contribution in [0.5, 0.6) is 0 Å². The van der Waals surface area contributed by atoms with Crippen LogP contribution in [0.2, 0.25) is 0 Å². The zero-order valence-corrected chi connectivity index (χ0v) is 18.6. The molecule has 2 atom stereocenters. The van der Waals surface area contributed by atoms with Gasteiger partial charge in [0.2, 0.25) is 5.91 Å². The van der Waals surface area contributed by atoms with Crippen molar-refractivity contribution in [3.8, 4) is 6.07 Å². The van der Waals surface area contributed by atoms with E-state index in [0.717, 1.165) is 16.7 Å². The number of nitrogens with zero attached hydrogens (tertiary/aromatic N) is 3. The summed E-state index contributed by atoms with van der Waals surface area (Å²) >= 11 is 0. The van der Waals surface area contributed by atoms with Crippen molar-refractivity contribution in [3.63, 3.8) is 0 Å². The molecular formula is C26H27N5O2. The molecule has 0 saturated carbocycles. The van der Waals surface area contributed by atoms with Gasteiger partial charge in [-0.2, -0.15) is 5.26 Å². The normalized spacial score (nSPS) is 20.2. The lowest BCUT2D eigenvalue weighted by Gasteiger charge is -2.46. The number of carbonyl (C=O) groups is 2. The zero-order valence-electron chi connectivity index (χ0n) is 18.6. The van der Waals surface area contributed by atoms with Gasteiger partial charge in [0, 0.05) is 13.1 Å². The number of likely N-dealkylation sites (tertiary alicyclic amines) is 1. The van der Waals surface area contributed by atoms with E-state index in [4.69, 9.17) is 11.0 Å². The molecule has 2 amide bonds. The summed E-state index contributed by atoms with van der Waals surface area (Å²) in [4.78, 5) is 34.7. The van der Waals surface area contributed by atoms with Crippen LogP contribution in [0.4, 0.5) is 0 Å². The number of hydrogen-bond donors (Lipinski definition) is 2. The number of amides is 2. The van der Waals surface area contributed by atoms with Gasteiger partial charge < -0.3 is 15.6 Å². The molecule has 0 aliphatic carbocycles. The predicted molar refractivity (Wildman–Crippen MR) is 124 cm³/mol. The Morgan fingerprint density at radius 3 is 2.67 bits per heavy atom. The first-order valence-corrected chi connectivity index (χ1v) is 11.0. The van der Waals surface area contributed by atoms with Crippen LogP contribution < -0.4 is 5.73 Å². The van der Waals surface area contributed by atoms with Gasteiger partial charge in [-0.15, -0.1) is 0 Å². The van der Waals surface area contributed by atoms with E-state index in [2.05, 4.69) is 22.1 Å². The Hall–Kier alpha value is -3.92. The van der Waals surface area contributed by atoms with Crippen LogP contribution in [0, 0.1) is 29.6 Å². The van der Waals surface area contributed by atoms with Crippen molar-refractivity contribution in [2.24, 2.45) is 17.1 Å². The fourth-order valence-corrected chi connectivity index (χ4v) is 4.89. The highest BCUT2D eigenvalue weighted by atomic mass is 16.2. The Bertz CT molecular complexity index is 1180. The molecular weight excluding hydrogens is 414 g/mol. The number of aromatic nitrogens is 2. The van der Waals surface area contributed by atoms with Gasteiger partial charge in [0.25, 0.3) is 5.91 Å². The van der Waals surface area contributed by atoms with Crippen LogP contribution in [-0.4, -0.2) is 39.8 Å². The number of carbonyl (C=O) groups excluding carboxylic acids is 2. The van der Waals surface area contributed by atoms with Crippen LogP contribution in [0.3, 0.4) is 0 Å². The Labute approximate surface area is 193 Å². The highest BCUT2D eigenvalue weighted by Crippen LogP contribution is 2.42. The van der Waals surface area contributed by atoms with E-state index >= 15 is 0 Å². The summed E-state index contributed by atoms with van der Waals surface area (Å²) in [5.74, 6) is -0.647. The Morgan fingerprint density at radius 2 is 2.03 bits per heavy atom. The molecule has 0 spiro atoms. The van der Waals surface area contributed by atoms with Gasteiger partial charge in [-0.1, -0.05) is 42.0 Å². The van der Waals surface area contributed by atoms with Crippen molar-refractivity contribution in [2.45, 2.75) is 26.2 Å². The topological polar surface area (TPSA) is 116 Å². The maximum atomic E-state index is 13.0. The van der Waals surface area contributed by atoms with E-state index in [1.165, 1.54) is 12.5 Å². The fraction of sp³-hybridized carbons (Fsp3) is 0.308. The second-order valence-electron chi connectivity index (χ2n) is 8.86. The molecule has 7 heteroatoms. The van der Waals surface area contributed by atoms with Crippen molar-refractivity contribution in [1.29, 1.82) is 5.26 Å². The second-order valence-corrected chi connectivity index (χ2v) is 8.86. The molecule has 3 aromatic rings. The average molecular weight is 442 g/mol. The number of rotatable bonds is 6. The molecule has 1 saturated heterocycles. The first-order chi connectivity index (χ1) is 15.9. The first kappa shape index (κ1) is 22.3. The summed E-state index contributed by atoms with van der Waals surface area (Å²) in [6.45, 7) is 2.88. The van der Waals surface area contributed by atoms with E-state index in [-0.39, 0.29) is 17.7 Å². The number of aryl methyl sites for hydroxylation is 1. The van der Waals surface area contributed by atoms with Crippen molar-refractivity contribution in [2.75, 3.05) is 13.1 Å². The lowest BCUT2D eigenvalue weighted by molar-refractivity contribution is -0.134. The van der Waals surface area contributed by atoms with Crippen molar-refractivity contribution in [1.82, 2.24) is 14.9 Å². The molecule has 7 nitrogen and oxygen atoms in total. The van der Waals surface area contributed by atoms with Gasteiger partial charge in [0.15, 0.2) is 0 Å². The Morgan fingerprint density at radius 1 is 1.24 bits per heavy atom. The van der Waals surface area contributed by atoms with Gasteiger partial charge in [0.1, 0.15) is 5.69 Å². The number of nitrogens with two attached hydrogens (primary N) is 1. The highest BCUT2D eigenvalue weighted by Gasteiger charge is 2.48. The maximum Gasteiger partial charge on any atom is 0.271 e. The lowest BCUT2D eigenvalue weighted by atomic mass is 9.64. The Kier molecular flexibility index (Phi) is 6.27. The van der Waals surface area contributed by atoms with Gasteiger partial charge in [0.05, 0.1) is 29.6 Å². The molecule has 33 heavy (non-hydrogen) atoms. The monoisotopic (exact) mass is 441 g/mol. The van der Waals surface area contributed by atoms with Crippen LogP contribution in [-0.2, 0) is 17.6 Å². The predicted octanol–water partition coefficient (Wildman–Crippen LogP) is 3.01. The van der Waals surface area contributed by atoms with Gasteiger partial charge in [-0.05, 0) is 55.4 Å². The SMILES string of the molecule is Cc1cccc(CC2(C(N)=O)CCN(C(=O)c3cnc[nH]3)CC2Cc2ccc(C#N)cc2)c1. The highest BCUT2D eigenvalue weighted by molar-refractivity contribution is 5.92. The van der Waals surface area contributed by atoms with E-state index in [1.807, 2.05) is 37.3 Å². The number of benzene rings is 2. The number of hydrogen-bond acceptors (Lipinski definition) is 4. The lowest BCUT2D eigenvalue weighted by Crippen LogP contribution is -2.56. The molecule has 0 bridgehead atoms. The second kappa shape index (κ2) is 9.29. The number of nitrogens with one attached hydrogen (secondary N) is 1. The molecule has 0 radical (unpaired) electrons. The quantitative estimate of drug-likeness (QED) is 0.612. The van der Waals surface area contributed by atoms with Crippen LogP contribution in [0.25, 0.3) is 0 Å². The van der Waals surface area contributed by atoms with Crippen molar-refractivity contribution in [3.05, 3.63) is 89.0 Å². The molecule has 168 valence electrons. The van der Waals surface area contributed by atoms with E-state index < -0.39 is 5.41 Å². The minimum atomic E-state index is -0.785. The summed E-state index contributed by atoms with van der Waals surface area (Å²) in [5, 5.41) is 9.12. The fourth-order valence-electron chi connectivity index (χ4n) is 4.89. The number of piperidine rings is 1. The van der Waals surface area contributed by atoms with Gasteiger partial charge in [-0.25, -0.2) is 4.98 Å². The molecule has 1 aromatic heterocycles. The zero-order chi connectivity index (χ0) is 23.4. The molecule has 1 fully saturated rings. The number of aromatic amines is 1. The van der Waals surface area contributed by atoms with Crippen molar-refractivity contribution >= 4 is 11.8 Å². The standard InChI is InChI=1S/C26H27N5O2/c1-18-3-2-4-21(11-18)13-26(25(28)33)9-10-31(24(32)23-15-29-17-30-23)16-22(26)12-19-5-7-20(14-27)8-6-19/h2-8,11,15,17,22H,9-10,12-13,16H2,1H3,(H2,28,33)(H,29,30). The summed E-state index contributed by atoms with van der Waals surface area (Å²) in [6.07, 6.45) is 4.58. The van der Waals surface area contributed by atoms with Gasteiger partial charge in [-0.3, -0.25) is 9.59 Å². The first-order valence-electron chi connectivity index (χ1n) is 11.0.